The van der Waals surface area contributed by atoms with Crippen LogP contribution in [-0.4, -0.2) is 32.7 Å². The van der Waals surface area contributed by atoms with Crippen LogP contribution in [-0.2, 0) is 21.4 Å². The molecule has 146 valence electrons. The van der Waals surface area contributed by atoms with E-state index in [2.05, 4.69) is 37.5 Å². The molecule has 0 atom stereocenters. The summed E-state index contributed by atoms with van der Waals surface area (Å²) < 4.78 is 5.19. The monoisotopic (exact) mass is 379 g/mol. The van der Waals surface area contributed by atoms with E-state index in [9.17, 15) is 9.90 Å². The Kier molecular flexibility index (Phi) is 5.23. The van der Waals surface area contributed by atoms with Gasteiger partial charge in [0, 0.05) is 12.0 Å². The summed E-state index contributed by atoms with van der Waals surface area (Å²) in [7, 11) is 0. The molecule has 0 fully saturated rings. The van der Waals surface area contributed by atoms with Crippen molar-refractivity contribution in [3.63, 3.8) is 0 Å². The Morgan fingerprint density at radius 1 is 1.18 bits per heavy atom. The van der Waals surface area contributed by atoms with Crippen molar-refractivity contribution in [1.29, 1.82) is 0 Å². The van der Waals surface area contributed by atoms with Crippen molar-refractivity contribution >= 4 is 17.0 Å². The molecule has 0 bridgehead atoms. The standard InChI is InChI=1S/C22H25N3O3/c1-14(2)21(27)28-11-10-15-12-16(22(3,4)5)13-19(20(15)26)25-23-17-8-6-7-9-18(17)24-25/h6-9,12-13,26H,1,10-11H2,2-5H3. The molecule has 0 spiro atoms. The Balaban J connectivity index is 2.01. The van der Waals surface area contributed by atoms with Crippen LogP contribution in [0.2, 0.25) is 0 Å². The summed E-state index contributed by atoms with van der Waals surface area (Å²) in [6.07, 6.45) is 0.378. The minimum absolute atomic E-state index is 0.0830. The molecule has 0 aliphatic heterocycles. The third-order valence-electron chi connectivity index (χ3n) is 4.49. The van der Waals surface area contributed by atoms with Crippen LogP contribution in [0.15, 0.2) is 48.6 Å². The Morgan fingerprint density at radius 3 is 2.32 bits per heavy atom. The predicted molar refractivity (Wildman–Crippen MR) is 109 cm³/mol. The Hall–Kier alpha value is -3.15. The van der Waals surface area contributed by atoms with Crippen molar-refractivity contribution in [3.8, 4) is 11.4 Å². The number of ether oxygens (including phenoxy) is 1. The van der Waals surface area contributed by atoms with Crippen molar-refractivity contribution in [1.82, 2.24) is 15.0 Å². The lowest BCUT2D eigenvalue weighted by molar-refractivity contribution is -0.138. The normalized spacial score (nSPS) is 11.6. The molecule has 0 aliphatic rings. The van der Waals surface area contributed by atoms with Gasteiger partial charge in [0.1, 0.15) is 22.5 Å². The van der Waals surface area contributed by atoms with E-state index in [0.717, 1.165) is 16.6 Å². The molecule has 2 aromatic carbocycles. The number of aromatic nitrogens is 3. The van der Waals surface area contributed by atoms with Crippen molar-refractivity contribution in [2.45, 2.75) is 39.5 Å². The molecule has 3 rings (SSSR count). The average Bonchev–Trinajstić information content (AvgIpc) is 3.05. The maximum Gasteiger partial charge on any atom is 0.333 e. The van der Waals surface area contributed by atoms with E-state index >= 15 is 0 Å². The van der Waals surface area contributed by atoms with Gasteiger partial charge >= 0.3 is 5.97 Å². The van der Waals surface area contributed by atoms with Crippen molar-refractivity contribution < 1.29 is 14.6 Å². The van der Waals surface area contributed by atoms with Gasteiger partial charge in [0.2, 0.25) is 0 Å². The second kappa shape index (κ2) is 7.46. The zero-order valence-electron chi connectivity index (χ0n) is 16.7. The van der Waals surface area contributed by atoms with E-state index in [1.54, 1.807) is 6.92 Å². The summed E-state index contributed by atoms with van der Waals surface area (Å²) in [6.45, 7) is 11.6. The zero-order valence-corrected chi connectivity index (χ0v) is 16.7. The molecule has 1 N–H and O–H groups in total. The summed E-state index contributed by atoms with van der Waals surface area (Å²) in [5.41, 5.74) is 3.92. The molecule has 1 aromatic heterocycles. The van der Waals surface area contributed by atoms with Crippen LogP contribution in [0.1, 0.15) is 38.8 Å². The largest absolute Gasteiger partial charge is 0.505 e. The molecule has 0 amide bonds. The van der Waals surface area contributed by atoms with Gasteiger partial charge in [-0.1, -0.05) is 45.5 Å². The van der Waals surface area contributed by atoms with E-state index in [0.29, 0.717) is 23.2 Å². The molecule has 28 heavy (non-hydrogen) atoms. The van der Waals surface area contributed by atoms with Gasteiger partial charge in [0.15, 0.2) is 0 Å². The van der Waals surface area contributed by atoms with Crippen molar-refractivity contribution in [2.75, 3.05) is 6.61 Å². The van der Waals surface area contributed by atoms with Gasteiger partial charge in [0.05, 0.1) is 6.61 Å². The molecule has 1 heterocycles. The number of hydrogen-bond donors (Lipinski definition) is 1. The molecular weight excluding hydrogens is 354 g/mol. The van der Waals surface area contributed by atoms with Crippen LogP contribution < -0.4 is 0 Å². The third kappa shape index (κ3) is 4.06. The molecule has 0 radical (unpaired) electrons. The van der Waals surface area contributed by atoms with Crippen molar-refractivity contribution in [3.05, 3.63) is 59.7 Å². The van der Waals surface area contributed by atoms with Gasteiger partial charge in [-0.25, -0.2) is 4.79 Å². The first-order valence-corrected chi connectivity index (χ1v) is 9.18. The van der Waals surface area contributed by atoms with E-state index in [4.69, 9.17) is 4.74 Å². The summed E-state index contributed by atoms with van der Waals surface area (Å²) in [5.74, 6) is -0.355. The molecule has 0 aliphatic carbocycles. The summed E-state index contributed by atoms with van der Waals surface area (Å²) in [6, 6.07) is 11.4. The minimum atomic E-state index is -0.438. The number of carbonyl (C=O) groups is 1. The quantitative estimate of drug-likeness (QED) is 0.534. The predicted octanol–water partition coefficient (Wildman–Crippen LogP) is 4.09. The van der Waals surface area contributed by atoms with Gasteiger partial charge in [-0.2, -0.15) is 0 Å². The fourth-order valence-corrected chi connectivity index (χ4v) is 2.80. The topological polar surface area (TPSA) is 77.2 Å². The first kappa shape index (κ1) is 19.6. The molecule has 6 nitrogen and oxygen atoms in total. The van der Waals surface area contributed by atoms with Gasteiger partial charge in [-0.3, -0.25) is 0 Å². The van der Waals surface area contributed by atoms with E-state index in [-0.39, 0.29) is 17.8 Å². The fraction of sp³-hybridized carbons (Fsp3) is 0.318. The van der Waals surface area contributed by atoms with E-state index in [1.165, 1.54) is 4.80 Å². The molecular formula is C22H25N3O3. The van der Waals surface area contributed by atoms with Crippen LogP contribution in [0, 0.1) is 0 Å². The Bertz CT molecular complexity index is 1010. The molecule has 0 saturated heterocycles. The number of esters is 1. The highest BCUT2D eigenvalue weighted by atomic mass is 16.5. The molecule has 6 heteroatoms. The highest BCUT2D eigenvalue weighted by Crippen LogP contribution is 2.33. The molecule has 3 aromatic rings. The number of rotatable bonds is 5. The number of aromatic hydroxyl groups is 1. The van der Waals surface area contributed by atoms with E-state index < -0.39 is 5.97 Å². The first-order chi connectivity index (χ1) is 13.2. The summed E-state index contributed by atoms with van der Waals surface area (Å²) in [4.78, 5) is 13.1. The highest BCUT2D eigenvalue weighted by molar-refractivity contribution is 5.86. The number of hydrogen-bond acceptors (Lipinski definition) is 5. The van der Waals surface area contributed by atoms with Crippen LogP contribution in [0.25, 0.3) is 16.7 Å². The van der Waals surface area contributed by atoms with Crippen LogP contribution >= 0.6 is 0 Å². The lowest BCUT2D eigenvalue weighted by atomic mass is 9.85. The summed E-state index contributed by atoms with van der Waals surface area (Å²) in [5, 5.41) is 19.8. The maximum atomic E-state index is 11.6. The Labute approximate surface area is 164 Å². The number of nitrogens with zero attached hydrogens (tertiary/aromatic N) is 3. The number of phenols is 1. The lowest BCUT2D eigenvalue weighted by Crippen LogP contribution is -2.14. The molecule has 0 unspecified atom stereocenters. The molecule has 0 saturated carbocycles. The fourth-order valence-electron chi connectivity index (χ4n) is 2.80. The minimum Gasteiger partial charge on any atom is -0.505 e. The first-order valence-electron chi connectivity index (χ1n) is 9.18. The summed E-state index contributed by atoms with van der Waals surface area (Å²) >= 11 is 0. The number of phenolic OH excluding ortho intramolecular Hbond substituents is 1. The second-order valence-electron chi connectivity index (χ2n) is 7.90. The van der Waals surface area contributed by atoms with Gasteiger partial charge in [-0.05, 0) is 41.7 Å². The number of fused-ring (bicyclic) bond motifs is 1. The van der Waals surface area contributed by atoms with Gasteiger partial charge < -0.3 is 9.84 Å². The van der Waals surface area contributed by atoms with Gasteiger partial charge in [-0.15, -0.1) is 15.0 Å². The number of carbonyl (C=O) groups excluding carboxylic acids is 1. The van der Waals surface area contributed by atoms with Crippen molar-refractivity contribution in [2.24, 2.45) is 0 Å². The lowest BCUT2D eigenvalue weighted by Gasteiger charge is -2.22. The van der Waals surface area contributed by atoms with Gasteiger partial charge in [0.25, 0.3) is 0 Å². The number of benzene rings is 2. The average molecular weight is 379 g/mol. The van der Waals surface area contributed by atoms with Crippen LogP contribution in [0.4, 0.5) is 0 Å². The highest BCUT2D eigenvalue weighted by Gasteiger charge is 2.21. The van der Waals surface area contributed by atoms with Crippen LogP contribution in [0.5, 0.6) is 5.75 Å². The zero-order chi connectivity index (χ0) is 20.5. The smallest absolute Gasteiger partial charge is 0.333 e. The van der Waals surface area contributed by atoms with E-state index in [1.807, 2.05) is 36.4 Å². The SMILES string of the molecule is C=C(C)C(=O)OCCc1cc(C(C)(C)C)cc(-n2nc3ccccc3n2)c1O. The second-order valence-corrected chi connectivity index (χ2v) is 7.90. The Morgan fingerprint density at radius 2 is 1.79 bits per heavy atom. The maximum absolute atomic E-state index is 11.6. The third-order valence-corrected chi connectivity index (χ3v) is 4.49. The van der Waals surface area contributed by atoms with Crippen LogP contribution in [0.3, 0.4) is 0 Å².